The Balaban J connectivity index is 1.61. The Labute approximate surface area is 216 Å². The first-order chi connectivity index (χ1) is 17.7. The van der Waals surface area contributed by atoms with Crippen molar-refractivity contribution in [3.63, 3.8) is 0 Å². The van der Waals surface area contributed by atoms with Crippen LogP contribution in [0.1, 0.15) is 0 Å². The second-order valence-electron chi connectivity index (χ2n) is 7.34. The van der Waals surface area contributed by atoms with Gasteiger partial charge in [-0.3, -0.25) is 0 Å². The van der Waals surface area contributed by atoms with Gasteiger partial charge in [0.15, 0.2) is 0 Å². The SMILES string of the molecule is COCCOCCOCCOc1ccc(S(=O)c2ccc(OCCOCCOCCOC)cc2)cc1. The molecule has 0 amide bonds. The van der Waals surface area contributed by atoms with Crippen molar-refractivity contribution in [1.82, 2.24) is 0 Å². The summed E-state index contributed by atoms with van der Waals surface area (Å²) in [4.78, 5) is 1.39. The molecule has 0 aliphatic rings. The van der Waals surface area contributed by atoms with Crippen molar-refractivity contribution in [2.45, 2.75) is 9.79 Å². The first-order valence-electron chi connectivity index (χ1n) is 11.9. The van der Waals surface area contributed by atoms with Crippen LogP contribution in [-0.4, -0.2) is 97.7 Å². The van der Waals surface area contributed by atoms with Crippen LogP contribution in [0.3, 0.4) is 0 Å². The molecule has 2 aromatic rings. The smallest absolute Gasteiger partial charge is 0.119 e. The Kier molecular flexibility index (Phi) is 16.8. The van der Waals surface area contributed by atoms with Gasteiger partial charge in [0.05, 0.1) is 76.9 Å². The number of rotatable bonds is 22. The fourth-order valence-electron chi connectivity index (χ4n) is 2.82. The fraction of sp³-hybridized carbons (Fsp3) is 0.538. The Morgan fingerprint density at radius 2 is 0.778 bits per heavy atom. The first kappa shape index (κ1) is 30.2. The molecule has 0 saturated heterocycles. The van der Waals surface area contributed by atoms with Crippen LogP contribution >= 0.6 is 0 Å². The zero-order valence-corrected chi connectivity index (χ0v) is 22.0. The van der Waals surface area contributed by atoms with Crippen LogP contribution in [0, 0.1) is 0 Å². The van der Waals surface area contributed by atoms with Gasteiger partial charge < -0.3 is 37.9 Å². The predicted molar refractivity (Wildman–Crippen MR) is 136 cm³/mol. The van der Waals surface area contributed by atoms with Crippen molar-refractivity contribution < 1.29 is 42.1 Å². The van der Waals surface area contributed by atoms with Crippen molar-refractivity contribution in [3.8, 4) is 11.5 Å². The molecule has 0 saturated carbocycles. The van der Waals surface area contributed by atoms with E-state index in [4.69, 9.17) is 37.9 Å². The Hall–Kier alpha value is -2.05. The molecule has 0 radical (unpaired) electrons. The van der Waals surface area contributed by atoms with Crippen LogP contribution in [0.25, 0.3) is 0 Å². The molecule has 10 heteroatoms. The molecular formula is C26H38O9S. The normalized spacial score (nSPS) is 11.2. The van der Waals surface area contributed by atoms with Crippen LogP contribution in [-0.2, 0) is 39.2 Å². The summed E-state index contributed by atoms with van der Waals surface area (Å²) < 4.78 is 55.6. The summed E-state index contributed by atoms with van der Waals surface area (Å²) in [5.74, 6) is 1.39. The Morgan fingerprint density at radius 1 is 0.472 bits per heavy atom. The lowest BCUT2D eigenvalue weighted by Crippen LogP contribution is -2.12. The van der Waals surface area contributed by atoms with Crippen LogP contribution in [0.2, 0.25) is 0 Å². The summed E-state index contributed by atoms with van der Waals surface area (Å²) in [6, 6.07) is 14.4. The number of methoxy groups -OCH3 is 2. The third-order valence-corrected chi connectivity index (χ3v) is 6.08. The molecule has 0 aliphatic carbocycles. The Morgan fingerprint density at radius 3 is 1.11 bits per heavy atom. The summed E-state index contributed by atoms with van der Waals surface area (Å²) in [7, 11) is 1.98. The molecule has 2 aromatic carbocycles. The van der Waals surface area contributed by atoms with Crippen LogP contribution in [0.4, 0.5) is 0 Å². The molecule has 0 heterocycles. The highest BCUT2D eigenvalue weighted by atomic mass is 32.2. The predicted octanol–water partition coefficient (Wildman–Crippen LogP) is 2.97. The van der Waals surface area contributed by atoms with Crippen molar-refractivity contribution >= 4 is 10.8 Å². The maximum Gasteiger partial charge on any atom is 0.119 e. The lowest BCUT2D eigenvalue weighted by Gasteiger charge is -2.09. The molecule has 0 aliphatic heterocycles. The van der Waals surface area contributed by atoms with Gasteiger partial charge in [-0.25, -0.2) is 4.21 Å². The van der Waals surface area contributed by atoms with Crippen LogP contribution in [0.15, 0.2) is 58.3 Å². The molecule has 0 atom stereocenters. The topological polar surface area (TPSA) is 90.9 Å². The van der Waals surface area contributed by atoms with Crippen molar-refractivity contribution in [2.75, 3.05) is 93.5 Å². The van der Waals surface area contributed by atoms with Gasteiger partial charge in [0.1, 0.15) is 24.7 Å². The van der Waals surface area contributed by atoms with Crippen molar-refractivity contribution in [2.24, 2.45) is 0 Å². The highest BCUT2D eigenvalue weighted by Gasteiger charge is 2.08. The van der Waals surface area contributed by atoms with Crippen molar-refractivity contribution in [1.29, 1.82) is 0 Å². The zero-order chi connectivity index (χ0) is 25.7. The molecule has 0 bridgehead atoms. The van der Waals surface area contributed by atoms with Crippen LogP contribution in [0.5, 0.6) is 11.5 Å². The third-order valence-electron chi connectivity index (χ3n) is 4.68. The second-order valence-corrected chi connectivity index (χ2v) is 8.82. The maximum absolute atomic E-state index is 12.9. The molecular weight excluding hydrogens is 488 g/mol. The van der Waals surface area contributed by atoms with E-state index in [9.17, 15) is 4.21 Å². The van der Waals surface area contributed by atoms with Gasteiger partial charge in [-0.15, -0.1) is 0 Å². The van der Waals surface area contributed by atoms with E-state index in [-0.39, 0.29) is 0 Å². The van der Waals surface area contributed by atoms with Gasteiger partial charge in [0, 0.05) is 24.0 Å². The van der Waals surface area contributed by atoms with Gasteiger partial charge in [-0.1, -0.05) is 0 Å². The lowest BCUT2D eigenvalue weighted by atomic mass is 10.3. The monoisotopic (exact) mass is 526 g/mol. The molecule has 202 valence electrons. The van der Waals surface area contributed by atoms with E-state index in [0.29, 0.717) is 101 Å². The maximum atomic E-state index is 12.9. The van der Waals surface area contributed by atoms with E-state index in [0.717, 1.165) is 0 Å². The van der Waals surface area contributed by atoms with Gasteiger partial charge in [-0.05, 0) is 48.5 Å². The lowest BCUT2D eigenvalue weighted by molar-refractivity contribution is 0.0179. The summed E-state index contributed by atoms with van der Waals surface area (Å²) in [6.45, 7) is 6.12. The number of hydrogen-bond donors (Lipinski definition) is 0. The van der Waals surface area contributed by atoms with Gasteiger partial charge in [0.2, 0.25) is 0 Å². The first-order valence-corrected chi connectivity index (χ1v) is 13.1. The highest BCUT2D eigenvalue weighted by molar-refractivity contribution is 7.85. The molecule has 9 nitrogen and oxygen atoms in total. The van der Waals surface area contributed by atoms with Gasteiger partial charge in [0.25, 0.3) is 0 Å². The molecule has 36 heavy (non-hydrogen) atoms. The molecule has 0 N–H and O–H groups in total. The fourth-order valence-corrected chi connectivity index (χ4v) is 3.86. The van der Waals surface area contributed by atoms with E-state index in [1.807, 2.05) is 0 Å². The number of benzene rings is 2. The zero-order valence-electron chi connectivity index (χ0n) is 21.2. The van der Waals surface area contributed by atoms with Gasteiger partial charge in [-0.2, -0.15) is 0 Å². The summed E-state index contributed by atoms with van der Waals surface area (Å²) >= 11 is 0. The largest absolute Gasteiger partial charge is 0.491 e. The summed E-state index contributed by atoms with van der Waals surface area (Å²) in [6.07, 6.45) is 0. The van der Waals surface area contributed by atoms with E-state index in [1.165, 1.54) is 0 Å². The molecule has 2 rings (SSSR count). The number of ether oxygens (including phenoxy) is 8. The minimum atomic E-state index is -1.30. The van der Waals surface area contributed by atoms with Crippen LogP contribution < -0.4 is 9.47 Å². The minimum absolute atomic E-state index is 0.426. The molecule has 0 fully saturated rings. The quantitative estimate of drug-likeness (QED) is 0.215. The molecule has 0 aromatic heterocycles. The average Bonchev–Trinajstić information content (AvgIpc) is 2.91. The molecule has 0 unspecified atom stereocenters. The molecule has 0 spiro atoms. The highest BCUT2D eigenvalue weighted by Crippen LogP contribution is 2.22. The van der Waals surface area contributed by atoms with E-state index in [1.54, 1.807) is 62.8 Å². The standard InChI is InChI=1S/C26H38O9S/c1-28-11-13-30-15-17-32-19-21-34-23-3-7-25(8-4-23)36(27)26-9-5-24(6-10-26)35-22-20-33-18-16-31-14-12-29-2/h3-10H,11-22H2,1-2H3. The minimum Gasteiger partial charge on any atom is -0.491 e. The third kappa shape index (κ3) is 13.3. The van der Waals surface area contributed by atoms with E-state index >= 15 is 0 Å². The summed E-state index contributed by atoms with van der Waals surface area (Å²) in [5, 5.41) is 0. The number of hydrogen-bond acceptors (Lipinski definition) is 9. The van der Waals surface area contributed by atoms with E-state index in [2.05, 4.69) is 0 Å². The average molecular weight is 527 g/mol. The summed E-state index contributed by atoms with van der Waals surface area (Å²) in [5.41, 5.74) is 0. The Bertz CT molecular complexity index is 748. The van der Waals surface area contributed by atoms with Gasteiger partial charge >= 0.3 is 0 Å². The second kappa shape index (κ2) is 20.1. The van der Waals surface area contributed by atoms with Crippen molar-refractivity contribution in [3.05, 3.63) is 48.5 Å². The van der Waals surface area contributed by atoms with E-state index < -0.39 is 10.8 Å².